The van der Waals surface area contributed by atoms with E-state index in [1.807, 2.05) is 7.11 Å². The van der Waals surface area contributed by atoms with Crippen LogP contribution in [0, 0.1) is 0 Å². The Hall–Kier alpha value is -0.120. The van der Waals surface area contributed by atoms with Crippen molar-refractivity contribution in [1.82, 2.24) is 10.4 Å². The molecular formula is C13H28N2O. The van der Waals surface area contributed by atoms with E-state index in [0.29, 0.717) is 0 Å². The van der Waals surface area contributed by atoms with Gasteiger partial charge in [-0.3, -0.25) is 0 Å². The van der Waals surface area contributed by atoms with Gasteiger partial charge in [-0.25, -0.2) is 0 Å². The maximum absolute atomic E-state index is 5.55. The van der Waals surface area contributed by atoms with Crippen LogP contribution in [0.3, 0.4) is 0 Å². The van der Waals surface area contributed by atoms with Crippen molar-refractivity contribution >= 4 is 0 Å². The van der Waals surface area contributed by atoms with Crippen LogP contribution in [-0.4, -0.2) is 37.3 Å². The van der Waals surface area contributed by atoms with Gasteiger partial charge >= 0.3 is 0 Å². The SMILES string of the molecule is CCCCCCC1(CC)CNCCN1OC. The van der Waals surface area contributed by atoms with Crippen molar-refractivity contribution in [3.8, 4) is 0 Å². The Balaban J connectivity index is 2.45. The molecule has 1 aliphatic heterocycles. The zero-order valence-electron chi connectivity index (χ0n) is 11.2. The summed E-state index contributed by atoms with van der Waals surface area (Å²) in [7, 11) is 1.81. The summed E-state index contributed by atoms with van der Waals surface area (Å²) in [4.78, 5) is 5.55. The van der Waals surface area contributed by atoms with Crippen molar-refractivity contribution in [2.75, 3.05) is 26.7 Å². The number of hydrogen-bond donors (Lipinski definition) is 1. The predicted octanol–water partition coefficient (Wildman–Crippen LogP) is 2.57. The lowest BCUT2D eigenvalue weighted by molar-refractivity contribution is -0.215. The number of nitrogens with one attached hydrogen (secondary N) is 1. The van der Waals surface area contributed by atoms with Gasteiger partial charge < -0.3 is 10.2 Å². The number of hydroxylamine groups is 2. The second-order valence-corrected chi connectivity index (χ2v) is 4.85. The highest BCUT2D eigenvalue weighted by atomic mass is 16.7. The van der Waals surface area contributed by atoms with Gasteiger partial charge in [-0.05, 0) is 12.8 Å². The quantitative estimate of drug-likeness (QED) is 0.678. The van der Waals surface area contributed by atoms with Gasteiger partial charge in [0.05, 0.1) is 12.6 Å². The zero-order chi connectivity index (χ0) is 11.9. The molecule has 0 aliphatic carbocycles. The third-order valence-electron chi connectivity index (χ3n) is 3.85. The summed E-state index contributed by atoms with van der Waals surface area (Å²) < 4.78 is 0. The van der Waals surface area contributed by atoms with Gasteiger partial charge in [0.2, 0.25) is 0 Å². The van der Waals surface area contributed by atoms with Gasteiger partial charge in [0, 0.05) is 19.6 Å². The van der Waals surface area contributed by atoms with Crippen molar-refractivity contribution < 1.29 is 4.84 Å². The molecule has 1 rings (SSSR count). The van der Waals surface area contributed by atoms with E-state index in [4.69, 9.17) is 4.84 Å². The number of unbranched alkanes of at least 4 members (excludes halogenated alkanes) is 3. The lowest BCUT2D eigenvalue weighted by Crippen LogP contribution is -2.60. The Morgan fingerprint density at radius 3 is 2.69 bits per heavy atom. The van der Waals surface area contributed by atoms with Crippen LogP contribution in [0.2, 0.25) is 0 Å². The molecule has 3 nitrogen and oxygen atoms in total. The Labute approximate surface area is 100 Å². The van der Waals surface area contributed by atoms with E-state index in [2.05, 4.69) is 24.2 Å². The molecule has 0 aromatic rings. The first-order valence-corrected chi connectivity index (χ1v) is 6.81. The number of piperazine rings is 1. The molecule has 0 aromatic carbocycles. The van der Waals surface area contributed by atoms with Gasteiger partial charge in [0.15, 0.2) is 0 Å². The Morgan fingerprint density at radius 1 is 1.25 bits per heavy atom. The molecule has 1 unspecified atom stereocenters. The van der Waals surface area contributed by atoms with Crippen LogP contribution in [-0.2, 0) is 4.84 Å². The lowest BCUT2D eigenvalue weighted by atomic mass is 9.87. The van der Waals surface area contributed by atoms with Crippen molar-refractivity contribution in [3.63, 3.8) is 0 Å². The summed E-state index contributed by atoms with van der Waals surface area (Å²) in [6, 6.07) is 0. The van der Waals surface area contributed by atoms with E-state index in [1.165, 1.54) is 38.5 Å². The highest BCUT2D eigenvalue weighted by molar-refractivity contribution is 4.91. The summed E-state index contributed by atoms with van der Waals surface area (Å²) in [5.74, 6) is 0. The summed E-state index contributed by atoms with van der Waals surface area (Å²) in [5.41, 5.74) is 0.237. The van der Waals surface area contributed by atoms with Gasteiger partial charge in [-0.15, -0.1) is 0 Å². The smallest absolute Gasteiger partial charge is 0.0584 e. The molecule has 0 aromatic heterocycles. The van der Waals surface area contributed by atoms with Crippen LogP contribution in [0.1, 0.15) is 52.4 Å². The van der Waals surface area contributed by atoms with Crippen LogP contribution in [0.5, 0.6) is 0 Å². The van der Waals surface area contributed by atoms with Crippen LogP contribution in [0.4, 0.5) is 0 Å². The van der Waals surface area contributed by atoms with Crippen molar-refractivity contribution in [1.29, 1.82) is 0 Å². The van der Waals surface area contributed by atoms with E-state index in [9.17, 15) is 0 Å². The average Bonchev–Trinajstić information content (AvgIpc) is 2.35. The predicted molar refractivity (Wildman–Crippen MR) is 68.4 cm³/mol. The normalized spacial score (nSPS) is 27.2. The second-order valence-electron chi connectivity index (χ2n) is 4.85. The van der Waals surface area contributed by atoms with Gasteiger partial charge in [-0.2, -0.15) is 5.06 Å². The number of hydrogen-bond acceptors (Lipinski definition) is 3. The molecule has 1 fully saturated rings. The fourth-order valence-electron chi connectivity index (χ4n) is 2.68. The highest BCUT2D eigenvalue weighted by Crippen LogP contribution is 2.28. The number of rotatable bonds is 7. The average molecular weight is 228 g/mol. The summed E-state index contributed by atoms with van der Waals surface area (Å²) in [6.07, 6.45) is 7.77. The van der Waals surface area contributed by atoms with Crippen LogP contribution in [0.15, 0.2) is 0 Å². The molecule has 16 heavy (non-hydrogen) atoms. The van der Waals surface area contributed by atoms with E-state index in [0.717, 1.165) is 19.6 Å². The van der Waals surface area contributed by atoms with E-state index < -0.39 is 0 Å². The third kappa shape index (κ3) is 3.44. The highest BCUT2D eigenvalue weighted by Gasteiger charge is 2.37. The maximum atomic E-state index is 5.55. The molecule has 3 heteroatoms. The minimum absolute atomic E-state index is 0.237. The minimum Gasteiger partial charge on any atom is -0.313 e. The third-order valence-corrected chi connectivity index (χ3v) is 3.85. The Bertz CT molecular complexity index is 187. The fraction of sp³-hybridized carbons (Fsp3) is 1.00. The first-order chi connectivity index (χ1) is 7.79. The van der Waals surface area contributed by atoms with Crippen molar-refractivity contribution in [2.24, 2.45) is 0 Å². The molecule has 1 heterocycles. The Kier molecular flexibility index (Phi) is 6.32. The molecule has 1 atom stereocenters. The first kappa shape index (κ1) is 13.9. The fourth-order valence-corrected chi connectivity index (χ4v) is 2.68. The number of nitrogens with zero attached hydrogens (tertiary/aromatic N) is 1. The molecule has 1 saturated heterocycles. The summed E-state index contributed by atoms with van der Waals surface area (Å²) >= 11 is 0. The largest absolute Gasteiger partial charge is 0.313 e. The minimum atomic E-state index is 0.237. The molecule has 0 spiro atoms. The van der Waals surface area contributed by atoms with Crippen molar-refractivity contribution in [3.05, 3.63) is 0 Å². The summed E-state index contributed by atoms with van der Waals surface area (Å²) in [5, 5.41) is 5.71. The van der Waals surface area contributed by atoms with Gasteiger partial charge in [0.25, 0.3) is 0 Å². The molecule has 0 amide bonds. The van der Waals surface area contributed by atoms with Crippen LogP contribution < -0.4 is 5.32 Å². The molecule has 0 saturated carbocycles. The van der Waals surface area contributed by atoms with Crippen LogP contribution in [0.25, 0.3) is 0 Å². The standard InChI is InChI=1S/C13H28N2O/c1-4-6-7-8-9-13(5-2)12-14-10-11-15(13)16-3/h14H,4-12H2,1-3H3. The molecule has 0 bridgehead atoms. The maximum Gasteiger partial charge on any atom is 0.0584 e. The topological polar surface area (TPSA) is 24.5 Å². The summed E-state index contributed by atoms with van der Waals surface area (Å²) in [6.45, 7) is 7.67. The Morgan fingerprint density at radius 2 is 2.06 bits per heavy atom. The molecule has 96 valence electrons. The molecule has 0 radical (unpaired) electrons. The van der Waals surface area contributed by atoms with Crippen LogP contribution >= 0.6 is 0 Å². The van der Waals surface area contributed by atoms with E-state index in [-0.39, 0.29) is 5.54 Å². The second kappa shape index (κ2) is 7.25. The van der Waals surface area contributed by atoms with E-state index >= 15 is 0 Å². The van der Waals surface area contributed by atoms with E-state index in [1.54, 1.807) is 0 Å². The molecule has 1 aliphatic rings. The molecule has 1 N–H and O–H groups in total. The zero-order valence-corrected chi connectivity index (χ0v) is 11.2. The lowest BCUT2D eigenvalue weighted by Gasteiger charge is -2.45. The van der Waals surface area contributed by atoms with Gasteiger partial charge in [-0.1, -0.05) is 39.5 Å². The van der Waals surface area contributed by atoms with Crippen molar-refractivity contribution in [2.45, 2.75) is 57.9 Å². The van der Waals surface area contributed by atoms with Gasteiger partial charge in [0.1, 0.15) is 0 Å². The monoisotopic (exact) mass is 228 g/mol. The first-order valence-electron chi connectivity index (χ1n) is 6.81. The molecular weight excluding hydrogens is 200 g/mol.